The average molecular weight is 261 g/mol. The molecule has 0 amide bonds. The van der Waals surface area contributed by atoms with Gasteiger partial charge in [0.1, 0.15) is 5.65 Å². The van der Waals surface area contributed by atoms with E-state index in [0.717, 1.165) is 17.9 Å². The first-order chi connectivity index (χ1) is 9.06. The Bertz CT molecular complexity index is 575. The first-order valence-electron chi connectivity index (χ1n) is 6.29. The minimum absolute atomic E-state index is 0.248. The number of fused-ring (bicyclic) bond motifs is 1. The second-order valence-electron chi connectivity index (χ2n) is 4.84. The third kappa shape index (κ3) is 3.54. The van der Waals surface area contributed by atoms with E-state index in [2.05, 4.69) is 26.5 Å². The van der Waals surface area contributed by atoms with E-state index < -0.39 is 0 Å². The Balaban J connectivity index is 2.17. The Labute approximate surface area is 112 Å². The molecule has 0 aliphatic heterocycles. The van der Waals surface area contributed by atoms with E-state index in [1.165, 1.54) is 12.5 Å². The van der Waals surface area contributed by atoms with Crippen LogP contribution in [0.3, 0.4) is 0 Å². The summed E-state index contributed by atoms with van der Waals surface area (Å²) in [5.74, 6) is -0.248. The standard InChI is InChI=1S/C14H19N3O2/c1-11(18)19-7-6-13-8-15-14-5-4-12(9-16(2)3)10-17(13)14/h4-5,8,10H,6-7,9H2,1-3H3. The van der Waals surface area contributed by atoms with Crippen molar-refractivity contribution in [2.75, 3.05) is 20.7 Å². The fraction of sp³-hybridized carbons (Fsp3) is 0.429. The summed E-state index contributed by atoms with van der Waals surface area (Å²) in [5, 5.41) is 0. The van der Waals surface area contributed by atoms with Crippen molar-refractivity contribution in [1.29, 1.82) is 0 Å². The van der Waals surface area contributed by atoms with E-state index in [1.54, 1.807) is 0 Å². The zero-order chi connectivity index (χ0) is 13.8. The van der Waals surface area contributed by atoms with Gasteiger partial charge in [0.05, 0.1) is 6.61 Å². The van der Waals surface area contributed by atoms with E-state index in [1.807, 2.05) is 26.4 Å². The molecule has 19 heavy (non-hydrogen) atoms. The predicted molar refractivity (Wildman–Crippen MR) is 72.9 cm³/mol. The number of pyridine rings is 1. The Morgan fingerprint density at radius 1 is 1.42 bits per heavy atom. The number of hydrogen-bond acceptors (Lipinski definition) is 4. The Morgan fingerprint density at radius 3 is 2.89 bits per heavy atom. The van der Waals surface area contributed by atoms with Crippen LogP contribution in [0.2, 0.25) is 0 Å². The minimum atomic E-state index is -0.248. The van der Waals surface area contributed by atoms with E-state index >= 15 is 0 Å². The molecule has 2 aromatic rings. The number of imidazole rings is 1. The normalized spacial score (nSPS) is 11.2. The van der Waals surface area contributed by atoms with Crippen LogP contribution < -0.4 is 0 Å². The van der Waals surface area contributed by atoms with Crippen LogP contribution in [0.15, 0.2) is 24.5 Å². The smallest absolute Gasteiger partial charge is 0.302 e. The van der Waals surface area contributed by atoms with Crippen molar-refractivity contribution in [2.24, 2.45) is 0 Å². The minimum Gasteiger partial charge on any atom is -0.465 e. The summed E-state index contributed by atoms with van der Waals surface area (Å²) in [7, 11) is 4.08. The van der Waals surface area contributed by atoms with Crippen LogP contribution in [0.5, 0.6) is 0 Å². The molecule has 0 bridgehead atoms. The highest BCUT2D eigenvalue weighted by atomic mass is 16.5. The van der Waals surface area contributed by atoms with Gasteiger partial charge in [0, 0.05) is 38.0 Å². The molecule has 0 atom stereocenters. The van der Waals surface area contributed by atoms with Crippen LogP contribution in [0.1, 0.15) is 18.2 Å². The molecule has 0 unspecified atom stereocenters. The topological polar surface area (TPSA) is 46.8 Å². The second-order valence-corrected chi connectivity index (χ2v) is 4.84. The zero-order valence-corrected chi connectivity index (χ0v) is 11.6. The van der Waals surface area contributed by atoms with Gasteiger partial charge in [0.2, 0.25) is 0 Å². The van der Waals surface area contributed by atoms with Gasteiger partial charge in [0.15, 0.2) is 0 Å². The molecule has 0 N–H and O–H groups in total. The van der Waals surface area contributed by atoms with Crippen molar-refractivity contribution >= 4 is 11.6 Å². The van der Waals surface area contributed by atoms with Crippen molar-refractivity contribution in [1.82, 2.24) is 14.3 Å². The summed E-state index contributed by atoms with van der Waals surface area (Å²) in [6.07, 6.45) is 4.59. The lowest BCUT2D eigenvalue weighted by Gasteiger charge is -2.10. The molecule has 0 radical (unpaired) electrons. The summed E-state index contributed by atoms with van der Waals surface area (Å²) < 4.78 is 7.03. The Kier molecular flexibility index (Phi) is 4.16. The molecule has 5 heteroatoms. The molecule has 2 rings (SSSR count). The molecule has 0 aromatic carbocycles. The van der Waals surface area contributed by atoms with Gasteiger partial charge in [-0.3, -0.25) is 4.79 Å². The second kappa shape index (κ2) is 5.84. The summed E-state index contributed by atoms with van der Waals surface area (Å²) >= 11 is 0. The van der Waals surface area contributed by atoms with Crippen molar-refractivity contribution < 1.29 is 9.53 Å². The molecular weight excluding hydrogens is 242 g/mol. The number of nitrogens with zero attached hydrogens (tertiary/aromatic N) is 3. The van der Waals surface area contributed by atoms with Gasteiger partial charge in [-0.05, 0) is 25.7 Å². The quantitative estimate of drug-likeness (QED) is 0.765. The third-order valence-corrected chi connectivity index (χ3v) is 2.81. The molecule has 0 spiro atoms. The van der Waals surface area contributed by atoms with Crippen molar-refractivity contribution in [3.8, 4) is 0 Å². The van der Waals surface area contributed by atoms with E-state index in [0.29, 0.717) is 13.0 Å². The predicted octanol–water partition coefficient (Wildman–Crippen LogP) is 1.50. The maximum atomic E-state index is 10.8. The Morgan fingerprint density at radius 2 is 2.21 bits per heavy atom. The highest BCUT2D eigenvalue weighted by Gasteiger charge is 2.05. The number of aromatic nitrogens is 2. The van der Waals surface area contributed by atoms with Crippen molar-refractivity contribution in [3.05, 3.63) is 35.8 Å². The van der Waals surface area contributed by atoms with Crippen LogP contribution in [0.25, 0.3) is 5.65 Å². The summed E-state index contributed by atoms with van der Waals surface area (Å²) in [4.78, 5) is 17.2. The molecule has 0 fully saturated rings. The third-order valence-electron chi connectivity index (χ3n) is 2.81. The van der Waals surface area contributed by atoms with Gasteiger partial charge in [-0.2, -0.15) is 0 Å². The molecule has 5 nitrogen and oxygen atoms in total. The SMILES string of the molecule is CC(=O)OCCc1cnc2ccc(CN(C)C)cn12. The van der Waals surface area contributed by atoms with Gasteiger partial charge in [-0.15, -0.1) is 0 Å². The highest BCUT2D eigenvalue weighted by molar-refractivity contribution is 5.65. The summed E-state index contributed by atoms with van der Waals surface area (Å²) in [5.41, 5.74) is 3.20. The number of hydrogen-bond donors (Lipinski definition) is 0. The maximum absolute atomic E-state index is 10.8. The van der Waals surface area contributed by atoms with E-state index in [-0.39, 0.29) is 5.97 Å². The molecule has 0 saturated heterocycles. The van der Waals surface area contributed by atoms with Crippen molar-refractivity contribution in [2.45, 2.75) is 19.9 Å². The van der Waals surface area contributed by atoms with Gasteiger partial charge >= 0.3 is 5.97 Å². The molecule has 0 saturated carbocycles. The monoisotopic (exact) mass is 261 g/mol. The first kappa shape index (κ1) is 13.5. The van der Waals surface area contributed by atoms with Gasteiger partial charge in [-0.25, -0.2) is 4.98 Å². The van der Waals surface area contributed by atoms with Crippen LogP contribution in [-0.4, -0.2) is 41.0 Å². The highest BCUT2D eigenvalue weighted by Crippen LogP contribution is 2.11. The lowest BCUT2D eigenvalue weighted by molar-refractivity contribution is -0.140. The van der Waals surface area contributed by atoms with Gasteiger partial charge in [-0.1, -0.05) is 6.07 Å². The van der Waals surface area contributed by atoms with Crippen LogP contribution in [0, 0.1) is 0 Å². The van der Waals surface area contributed by atoms with Crippen LogP contribution >= 0.6 is 0 Å². The zero-order valence-electron chi connectivity index (χ0n) is 11.6. The molecule has 102 valence electrons. The molecule has 2 aromatic heterocycles. The Hall–Kier alpha value is -1.88. The lowest BCUT2D eigenvalue weighted by atomic mass is 10.2. The number of rotatable bonds is 5. The molecule has 0 aliphatic rings. The number of carbonyl (C=O) groups is 1. The summed E-state index contributed by atoms with van der Waals surface area (Å²) in [6.45, 7) is 2.70. The number of ether oxygens (including phenoxy) is 1. The fourth-order valence-corrected chi connectivity index (χ4v) is 2.02. The van der Waals surface area contributed by atoms with E-state index in [4.69, 9.17) is 4.74 Å². The number of carbonyl (C=O) groups excluding carboxylic acids is 1. The van der Waals surface area contributed by atoms with Crippen LogP contribution in [0.4, 0.5) is 0 Å². The summed E-state index contributed by atoms with van der Waals surface area (Å²) in [6, 6.07) is 4.09. The molecule has 0 aliphatic carbocycles. The maximum Gasteiger partial charge on any atom is 0.302 e. The molecular formula is C14H19N3O2. The molecule has 2 heterocycles. The first-order valence-corrected chi connectivity index (χ1v) is 6.29. The van der Waals surface area contributed by atoms with Gasteiger partial charge in [0.25, 0.3) is 0 Å². The van der Waals surface area contributed by atoms with Crippen LogP contribution in [-0.2, 0) is 22.5 Å². The van der Waals surface area contributed by atoms with Crippen molar-refractivity contribution in [3.63, 3.8) is 0 Å². The number of esters is 1. The van der Waals surface area contributed by atoms with Gasteiger partial charge < -0.3 is 14.0 Å². The largest absolute Gasteiger partial charge is 0.465 e. The average Bonchev–Trinajstić information content (AvgIpc) is 2.71. The fourth-order valence-electron chi connectivity index (χ4n) is 2.02. The van der Waals surface area contributed by atoms with E-state index in [9.17, 15) is 4.79 Å². The lowest BCUT2D eigenvalue weighted by Crippen LogP contribution is -2.11.